The van der Waals surface area contributed by atoms with Crippen molar-refractivity contribution in [2.75, 3.05) is 33.8 Å². The van der Waals surface area contributed by atoms with E-state index in [0.29, 0.717) is 6.04 Å². The molecule has 0 radical (unpaired) electrons. The third-order valence-corrected chi connectivity index (χ3v) is 4.35. The van der Waals surface area contributed by atoms with Gasteiger partial charge in [-0.3, -0.25) is 9.79 Å². The van der Waals surface area contributed by atoms with E-state index < -0.39 is 0 Å². The van der Waals surface area contributed by atoms with Gasteiger partial charge < -0.3 is 20.3 Å². The van der Waals surface area contributed by atoms with Crippen molar-refractivity contribution >= 4 is 11.9 Å². The van der Waals surface area contributed by atoms with E-state index in [0.717, 1.165) is 50.5 Å². The standard InChI is InChI=1S/C20H32N4O2/c1-4-5-14-24(3)20(21-2)22-13-12-16-6-10-18(11-7-16)26-15-19(25)23-17-8-9-17/h6-7,10-11,17H,4-5,8-9,12-15H2,1-3H3,(H,21,22)(H,23,25). The first-order valence-corrected chi connectivity index (χ1v) is 9.55. The number of ether oxygens (including phenoxy) is 1. The Hall–Kier alpha value is -2.24. The molecule has 1 aliphatic rings. The quantitative estimate of drug-likeness (QED) is 0.496. The minimum Gasteiger partial charge on any atom is -0.484 e. The molecule has 26 heavy (non-hydrogen) atoms. The van der Waals surface area contributed by atoms with Crippen molar-refractivity contribution in [3.8, 4) is 5.75 Å². The van der Waals surface area contributed by atoms with Crippen LogP contribution in [0, 0.1) is 0 Å². The number of unbranched alkanes of at least 4 members (excludes halogenated alkanes) is 1. The average molecular weight is 361 g/mol. The maximum absolute atomic E-state index is 11.6. The number of amides is 1. The molecule has 144 valence electrons. The highest BCUT2D eigenvalue weighted by Gasteiger charge is 2.23. The minimum atomic E-state index is -0.0423. The van der Waals surface area contributed by atoms with Gasteiger partial charge in [0.2, 0.25) is 0 Å². The lowest BCUT2D eigenvalue weighted by Gasteiger charge is -2.21. The van der Waals surface area contributed by atoms with Crippen molar-refractivity contribution in [2.24, 2.45) is 4.99 Å². The zero-order valence-electron chi connectivity index (χ0n) is 16.3. The maximum Gasteiger partial charge on any atom is 0.258 e. The second-order valence-corrected chi connectivity index (χ2v) is 6.77. The molecule has 6 heteroatoms. The molecule has 1 aliphatic carbocycles. The third-order valence-electron chi connectivity index (χ3n) is 4.35. The minimum absolute atomic E-state index is 0.0423. The summed E-state index contributed by atoms with van der Waals surface area (Å²) in [5, 5.41) is 6.31. The average Bonchev–Trinajstić information content (AvgIpc) is 3.46. The number of nitrogens with one attached hydrogen (secondary N) is 2. The first-order valence-electron chi connectivity index (χ1n) is 9.55. The van der Waals surface area contributed by atoms with E-state index in [4.69, 9.17) is 4.74 Å². The Morgan fingerprint density at radius 1 is 1.31 bits per heavy atom. The van der Waals surface area contributed by atoms with Gasteiger partial charge in [0.25, 0.3) is 5.91 Å². The van der Waals surface area contributed by atoms with Gasteiger partial charge in [-0.05, 0) is 43.4 Å². The van der Waals surface area contributed by atoms with Crippen LogP contribution in [-0.4, -0.2) is 56.6 Å². The van der Waals surface area contributed by atoms with Gasteiger partial charge in [0.15, 0.2) is 12.6 Å². The topological polar surface area (TPSA) is 66.0 Å². The smallest absolute Gasteiger partial charge is 0.258 e. The Morgan fingerprint density at radius 3 is 2.65 bits per heavy atom. The summed E-state index contributed by atoms with van der Waals surface area (Å²) < 4.78 is 5.53. The van der Waals surface area contributed by atoms with Crippen molar-refractivity contribution in [1.29, 1.82) is 0 Å². The molecule has 0 aromatic heterocycles. The molecule has 0 unspecified atom stereocenters. The number of nitrogens with zero attached hydrogens (tertiary/aromatic N) is 2. The highest BCUT2D eigenvalue weighted by atomic mass is 16.5. The Labute approximate surface area is 157 Å². The molecule has 0 aliphatic heterocycles. The van der Waals surface area contributed by atoms with Crippen LogP contribution in [0.4, 0.5) is 0 Å². The molecule has 1 aromatic carbocycles. The summed E-state index contributed by atoms with van der Waals surface area (Å²) in [5.74, 6) is 1.61. The number of carbonyl (C=O) groups excluding carboxylic acids is 1. The van der Waals surface area contributed by atoms with E-state index >= 15 is 0 Å². The molecule has 0 heterocycles. The molecule has 0 saturated heterocycles. The van der Waals surface area contributed by atoms with Crippen molar-refractivity contribution in [1.82, 2.24) is 15.5 Å². The zero-order valence-corrected chi connectivity index (χ0v) is 16.3. The van der Waals surface area contributed by atoms with E-state index in [1.54, 1.807) is 0 Å². The second-order valence-electron chi connectivity index (χ2n) is 6.77. The van der Waals surface area contributed by atoms with Crippen LogP contribution in [0.25, 0.3) is 0 Å². The van der Waals surface area contributed by atoms with Crippen LogP contribution in [0.3, 0.4) is 0 Å². The van der Waals surface area contributed by atoms with Gasteiger partial charge in [-0.25, -0.2) is 0 Å². The van der Waals surface area contributed by atoms with Gasteiger partial charge in [0.05, 0.1) is 0 Å². The molecule has 0 atom stereocenters. The molecule has 1 aromatic rings. The van der Waals surface area contributed by atoms with Crippen LogP contribution in [-0.2, 0) is 11.2 Å². The summed E-state index contributed by atoms with van der Waals surface area (Å²) >= 11 is 0. The monoisotopic (exact) mass is 360 g/mol. The first-order chi connectivity index (χ1) is 12.6. The van der Waals surface area contributed by atoms with Crippen molar-refractivity contribution in [3.05, 3.63) is 29.8 Å². The van der Waals surface area contributed by atoms with Crippen molar-refractivity contribution in [3.63, 3.8) is 0 Å². The SMILES string of the molecule is CCCCN(C)C(=NC)NCCc1ccc(OCC(=O)NC2CC2)cc1. The van der Waals surface area contributed by atoms with Gasteiger partial charge in [0.1, 0.15) is 5.75 Å². The highest BCUT2D eigenvalue weighted by molar-refractivity contribution is 5.79. The van der Waals surface area contributed by atoms with Crippen LogP contribution in [0.5, 0.6) is 5.75 Å². The highest BCUT2D eigenvalue weighted by Crippen LogP contribution is 2.18. The number of hydrogen-bond acceptors (Lipinski definition) is 3. The Morgan fingerprint density at radius 2 is 2.04 bits per heavy atom. The molecule has 1 fully saturated rings. The normalized spacial score (nSPS) is 14.0. The predicted molar refractivity (Wildman–Crippen MR) is 106 cm³/mol. The fourth-order valence-electron chi connectivity index (χ4n) is 2.60. The van der Waals surface area contributed by atoms with Crippen molar-refractivity contribution < 1.29 is 9.53 Å². The summed E-state index contributed by atoms with van der Waals surface area (Å²) in [7, 11) is 3.88. The van der Waals surface area contributed by atoms with Gasteiger partial charge in [-0.2, -0.15) is 0 Å². The Kier molecular flexibility index (Phi) is 8.25. The number of carbonyl (C=O) groups is 1. The van der Waals surface area contributed by atoms with Crippen LogP contribution in [0.1, 0.15) is 38.2 Å². The number of benzene rings is 1. The molecule has 1 amide bonds. The van der Waals surface area contributed by atoms with Gasteiger partial charge >= 0.3 is 0 Å². The van der Waals surface area contributed by atoms with E-state index in [2.05, 4.69) is 34.5 Å². The van der Waals surface area contributed by atoms with Crippen LogP contribution >= 0.6 is 0 Å². The predicted octanol–water partition coefficient (Wildman–Crippen LogP) is 2.19. The van der Waals surface area contributed by atoms with Crippen molar-refractivity contribution in [2.45, 2.75) is 45.1 Å². The lowest BCUT2D eigenvalue weighted by Crippen LogP contribution is -2.40. The number of guanidine groups is 1. The van der Waals surface area contributed by atoms with Gasteiger partial charge in [-0.1, -0.05) is 25.5 Å². The molecule has 1 saturated carbocycles. The van der Waals surface area contributed by atoms with Gasteiger partial charge in [-0.15, -0.1) is 0 Å². The summed E-state index contributed by atoms with van der Waals surface area (Å²) in [6, 6.07) is 8.29. The summed E-state index contributed by atoms with van der Waals surface area (Å²) in [6.07, 6.45) is 5.43. The van der Waals surface area contributed by atoms with E-state index in [1.807, 2.05) is 31.3 Å². The largest absolute Gasteiger partial charge is 0.484 e. The molecular formula is C20H32N4O2. The number of rotatable bonds is 10. The molecule has 6 nitrogen and oxygen atoms in total. The number of hydrogen-bond donors (Lipinski definition) is 2. The van der Waals surface area contributed by atoms with E-state index in [1.165, 1.54) is 12.0 Å². The summed E-state index contributed by atoms with van der Waals surface area (Å²) in [5.41, 5.74) is 1.22. The molecule has 0 spiro atoms. The molecule has 2 rings (SSSR count). The molecule has 0 bridgehead atoms. The maximum atomic E-state index is 11.6. The van der Waals surface area contributed by atoms with Crippen LogP contribution in [0.2, 0.25) is 0 Å². The number of aliphatic imine (C=N–C) groups is 1. The fourth-order valence-corrected chi connectivity index (χ4v) is 2.60. The van der Waals surface area contributed by atoms with E-state index in [-0.39, 0.29) is 12.5 Å². The molecule has 2 N–H and O–H groups in total. The zero-order chi connectivity index (χ0) is 18.8. The Balaban J connectivity index is 1.68. The first kappa shape index (κ1) is 20.1. The van der Waals surface area contributed by atoms with Crippen LogP contribution in [0.15, 0.2) is 29.3 Å². The lowest BCUT2D eigenvalue weighted by molar-refractivity contribution is -0.123. The second kappa shape index (κ2) is 10.7. The van der Waals surface area contributed by atoms with E-state index in [9.17, 15) is 4.79 Å². The summed E-state index contributed by atoms with van der Waals surface area (Å²) in [6.45, 7) is 4.11. The summed E-state index contributed by atoms with van der Waals surface area (Å²) in [4.78, 5) is 18.1. The molecular weight excluding hydrogens is 328 g/mol. The van der Waals surface area contributed by atoms with Crippen LogP contribution < -0.4 is 15.4 Å². The lowest BCUT2D eigenvalue weighted by atomic mass is 10.1. The Bertz CT molecular complexity index is 582. The fraction of sp³-hybridized carbons (Fsp3) is 0.600. The van der Waals surface area contributed by atoms with Gasteiger partial charge in [0, 0.05) is 33.2 Å². The third kappa shape index (κ3) is 7.33.